The van der Waals surface area contributed by atoms with E-state index in [9.17, 15) is 0 Å². The fourth-order valence-corrected chi connectivity index (χ4v) is 4.55. The Morgan fingerprint density at radius 2 is 1.52 bits per heavy atom. The van der Waals surface area contributed by atoms with E-state index in [4.69, 9.17) is 4.74 Å². The van der Waals surface area contributed by atoms with Gasteiger partial charge in [0.25, 0.3) is 0 Å². The quantitative estimate of drug-likeness (QED) is 0.546. The molecule has 1 saturated carbocycles. The van der Waals surface area contributed by atoms with Crippen molar-refractivity contribution in [2.24, 2.45) is 17.8 Å². The van der Waals surface area contributed by atoms with E-state index in [2.05, 4.69) is 32.6 Å². The van der Waals surface area contributed by atoms with Crippen molar-refractivity contribution in [1.82, 2.24) is 4.90 Å². The fraction of sp³-hybridized carbons (Fsp3) is 1.00. The van der Waals surface area contributed by atoms with Crippen molar-refractivity contribution in [3.05, 3.63) is 0 Å². The van der Waals surface area contributed by atoms with Crippen LogP contribution in [-0.2, 0) is 4.74 Å². The Kier molecular flexibility index (Phi) is 8.40. The summed E-state index contributed by atoms with van der Waals surface area (Å²) < 4.78 is 5.96. The van der Waals surface area contributed by atoms with Gasteiger partial charge in [0.15, 0.2) is 0 Å². The van der Waals surface area contributed by atoms with Crippen LogP contribution in [0.2, 0.25) is 0 Å². The van der Waals surface area contributed by atoms with Gasteiger partial charge in [0.05, 0.1) is 12.2 Å². The summed E-state index contributed by atoms with van der Waals surface area (Å²) in [5.74, 6) is 2.84. The van der Waals surface area contributed by atoms with Gasteiger partial charge in [-0.2, -0.15) is 0 Å². The summed E-state index contributed by atoms with van der Waals surface area (Å²) in [6.45, 7) is 13.1. The Balaban J connectivity index is 1.49. The van der Waals surface area contributed by atoms with Gasteiger partial charge in [-0.3, -0.25) is 0 Å². The SMILES string of the molecule is CC(C)O[C@H]1CC[C@H](CCCCN2CCC(C(C)C)CC2)CC1. The topological polar surface area (TPSA) is 12.5 Å². The van der Waals surface area contributed by atoms with Crippen LogP contribution in [0.1, 0.15) is 85.5 Å². The van der Waals surface area contributed by atoms with Crippen LogP contribution in [0.25, 0.3) is 0 Å². The number of likely N-dealkylation sites (tertiary alicyclic amines) is 1. The van der Waals surface area contributed by atoms with E-state index >= 15 is 0 Å². The van der Waals surface area contributed by atoms with E-state index in [0.29, 0.717) is 12.2 Å². The lowest BCUT2D eigenvalue weighted by Crippen LogP contribution is -2.35. The summed E-state index contributed by atoms with van der Waals surface area (Å²) in [5.41, 5.74) is 0. The summed E-state index contributed by atoms with van der Waals surface area (Å²) in [6, 6.07) is 0. The second kappa shape index (κ2) is 10.0. The number of nitrogens with zero attached hydrogens (tertiary/aromatic N) is 1. The average molecular weight is 324 g/mol. The van der Waals surface area contributed by atoms with Crippen LogP contribution in [0, 0.1) is 17.8 Å². The second-order valence-corrected chi connectivity index (χ2v) is 8.75. The van der Waals surface area contributed by atoms with Crippen LogP contribution in [0.4, 0.5) is 0 Å². The molecule has 0 unspecified atom stereocenters. The van der Waals surface area contributed by atoms with Crippen molar-refractivity contribution in [1.29, 1.82) is 0 Å². The van der Waals surface area contributed by atoms with Crippen LogP contribution >= 0.6 is 0 Å². The first-order valence-corrected chi connectivity index (χ1v) is 10.4. The van der Waals surface area contributed by atoms with Crippen molar-refractivity contribution < 1.29 is 4.74 Å². The minimum Gasteiger partial charge on any atom is -0.376 e. The van der Waals surface area contributed by atoms with Crippen molar-refractivity contribution >= 4 is 0 Å². The van der Waals surface area contributed by atoms with Gasteiger partial charge in [-0.1, -0.05) is 26.7 Å². The molecule has 1 aliphatic heterocycles. The Bertz CT molecular complexity index is 299. The van der Waals surface area contributed by atoms with Gasteiger partial charge in [0.2, 0.25) is 0 Å². The number of hydrogen-bond donors (Lipinski definition) is 0. The van der Waals surface area contributed by atoms with Crippen molar-refractivity contribution in [3.63, 3.8) is 0 Å². The maximum absolute atomic E-state index is 5.96. The molecule has 0 aromatic heterocycles. The maximum Gasteiger partial charge on any atom is 0.0578 e. The molecule has 0 spiro atoms. The average Bonchev–Trinajstić information content (AvgIpc) is 2.53. The number of piperidine rings is 1. The van der Waals surface area contributed by atoms with Crippen LogP contribution in [-0.4, -0.2) is 36.7 Å². The van der Waals surface area contributed by atoms with Crippen LogP contribution in [0.15, 0.2) is 0 Å². The molecule has 2 fully saturated rings. The zero-order chi connectivity index (χ0) is 16.7. The molecule has 0 bridgehead atoms. The Morgan fingerprint density at radius 1 is 0.870 bits per heavy atom. The van der Waals surface area contributed by atoms with Gasteiger partial charge in [0.1, 0.15) is 0 Å². The Hall–Kier alpha value is -0.0800. The molecule has 136 valence electrons. The lowest BCUT2D eigenvalue weighted by Gasteiger charge is -2.34. The van der Waals surface area contributed by atoms with Crippen LogP contribution in [0.5, 0.6) is 0 Å². The first-order chi connectivity index (χ1) is 11.0. The van der Waals surface area contributed by atoms with Crippen molar-refractivity contribution in [3.8, 4) is 0 Å². The highest BCUT2D eigenvalue weighted by atomic mass is 16.5. The molecule has 0 amide bonds. The van der Waals surface area contributed by atoms with E-state index < -0.39 is 0 Å². The van der Waals surface area contributed by atoms with Gasteiger partial charge in [-0.25, -0.2) is 0 Å². The normalized spacial score (nSPS) is 27.9. The third-order valence-electron chi connectivity index (χ3n) is 6.17. The van der Waals surface area contributed by atoms with E-state index in [-0.39, 0.29) is 0 Å². The van der Waals surface area contributed by atoms with Gasteiger partial charge in [0, 0.05) is 0 Å². The molecule has 2 aliphatic rings. The predicted molar refractivity (Wildman–Crippen MR) is 99.8 cm³/mol. The highest BCUT2D eigenvalue weighted by Gasteiger charge is 2.23. The molecule has 2 heteroatoms. The summed E-state index contributed by atoms with van der Waals surface area (Å²) >= 11 is 0. The molecule has 0 aromatic rings. The van der Waals surface area contributed by atoms with E-state index in [1.165, 1.54) is 77.4 Å². The Labute approximate surface area is 145 Å². The first kappa shape index (κ1) is 19.2. The molecule has 0 atom stereocenters. The summed E-state index contributed by atoms with van der Waals surface area (Å²) in [4.78, 5) is 2.71. The molecular weight excluding hydrogens is 282 g/mol. The highest BCUT2D eigenvalue weighted by Crippen LogP contribution is 2.30. The van der Waals surface area contributed by atoms with Gasteiger partial charge in [-0.15, -0.1) is 0 Å². The van der Waals surface area contributed by atoms with Crippen LogP contribution in [0.3, 0.4) is 0 Å². The van der Waals surface area contributed by atoms with Crippen molar-refractivity contribution in [2.45, 2.75) is 97.7 Å². The third kappa shape index (κ3) is 7.13. The molecular formula is C21H41NO. The summed E-state index contributed by atoms with van der Waals surface area (Å²) in [5, 5.41) is 0. The number of ether oxygens (including phenoxy) is 1. The van der Waals surface area contributed by atoms with E-state index in [1.54, 1.807) is 0 Å². The van der Waals surface area contributed by atoms with Gasteiger partial charge >= 0.3 is 0 Å². The van der Waals surface area contributed by atoms with E-state index in [1.807, 2.05) is 0 Å². The largest absolute Gasteiger partial charge is 0.376 e. The Morgan fingerprint density at radius 3 is 2.09 bits per heavy atom. The number of hydrogen-bond acceptors (Lipinski definition) is 2. The van der Waals surface area contributed by atoms with E-state index in [0.717, 1.165) is 17.8 Å². The predicted octanol–water partition coefficient (Wildman–Crippen LogP) is 5.51. The molecule has 0 aromatic carbocycles. The fourth-order valence-electron chi connectivity index (χ4n) is 4.55. The maximum atomic E-state index is 5.96. The molecule has 0 radical (unpaired) electrons. The van der Waals surface area contributed by atoms with Crippen LogP contribution < -0.4 is 0 Å². The first-order valence-electron chi connectivity index (χ1n) is 10.4. The number of rotatable bonds is 8. The third-order valence-corrected chi connectivity index (χ3v) is 6.17. The molecule has 2 rings (SSSR count). The molecule has 2 nitrogen and oxygen atoms in total. The number of unbranched alkanes of at least 4 members (excludes halogenated alkanes) is 1. The molecule has 23 heavy (non-hydrogen) atoms. The van der Waals surface area contributed by atoms with Gasteiger partial charge < -0.3 is 9.64 Å². The molecule has 1 saturated heterocycles. The zero-order valence-electron chi connectivity index (χ0n) is 16.2. The van der Waals surface area contributed by atoms with Crippen molar-refractivity contribution in [2.75, 3.05) is 19.6 Å². The minimum absolute atomic E-state index is 0.399. The highest BCUT2D eigenvalue weighted by molar-refractivity contribution is 4.76. The standard InChI is InChI=1S/C21H41NO/c1-17(2)20-12-15-22(16-13-20)14-6-5-7-19-8-10-21(11-9-19)23-18(3)4/h17-21H,5-16H2,1-4H3/t19-,21-. The molecule has 0 N–H and O–H groups in total. The zero-order valence-corrected chi connectivity index (χ0v) is 16.2. The molecule has 1 aliphatic carbocycles. The van der Waals surface area contributed by atoms with Gasteiger partial charge in [-0.05, 0) is 96.2 Å². The summed E-state index contributed by atoms with van der Waals surface area (Å²) in [6.07, 6.45) is 13.5. The smallest absolute Gasteiger partial charge is 0.0578 e. The monoisotopic (exact) mass is 323 g/mol. The summed E-state index contributed by atoms with van der Waals surface area (Å²) in [7, 11) is 0. The lowest BCUT2D eigenvalue weighted by atomic mass is 9.84. The molecule has 1 heterocycles. The minimum atomic E-state index is 0.399. The second-order valence-electron chi connectivity index (χ2n) is 8.75. The lowest BCUT2D eigenvalue weighted by molar-refractivity contribution is -0.0203.